The third-order valence-electron chi connectivity index (χ3n) is 3.45. The number of aryl methyl sites for hydroxylation is 1. The van der Waals surface area contributed by atoms with Gasteiger partial charge in [-0.1, -0.05) is 0 Å². The Morgan fingerprint density at radius 2 is 2.36 bits per heavy atom. The van der Waals surface area contributed by atoms with Crippen molar-refractivity contribution >= 4 is 23.2 Å². The second-order valence-electron chi connectivity index (χ2n) is 5.32. The van der Waals surface area contributed by atoms with Gasteiger partial charge in [-0.05, 0) is 26.7 Å². The van der Waals surface area contributed by atoms with Crippen LogP contribution in [0.2, 0.25) is 0 Å². The predicted octanol–water partition coefficient (Wildman–Crippen LogP) is 1.52. The lowest BCUT2D eigenvalue weighted by Crippen LogP contribution is -2.39. The Morgan fingerprint density at radius 1 is 1.50 bits per heavy atom. The maximum Gasteiger partial charge on any atom is 0.222 e. The van der Waals surface area contributed by atoms with Gasteiger partial charge in [0, 0.05) is 43.7 Å². The zero-order valence-corrected chi connectivity index (χ0v) is 14.2. The number of nitrogens with zero attached hydrogens (tertiary/aromatic N) is 3. The Morgan fingerprint density at radius 3 is 3.00 bits per heavy atom. The lowest BCUT2D eigenvalue weighted by Gasteiger charge is -2.16. The van der Waals surface area contributed by atoms with Crippen LogP contribution in [0.5, 0.6) is 0 Å². The summed E-state index contributed by atoms with van der Waals surface area (Å²) in [4.78, 5) is 23.5. The number of aromatic nitrogens is 1. The van der Waals surface area contributed by atoms with Crippen molar-refractivity contribution in [2.75, 3.05) is 26.2 Å². The van der Waals surface area contributed by atoms with E-state index in [9.17, 15) is 4.79 Å². The number of guanidine groups is 1. The minimum Gasteiger partial charge on any atom is -0.357 e. The molecule has 1 aromatic heterocycles. The number of nitrogens with one attached hydrogen (secondary N) is 2. The Hall–Kier alpha value is -1.63. The monoisotopic (exact) mass is 323 g/mol. The predicted molar refractivity (Wildman–Crippen MR) is 90.1 cm³/mol. The molecule has 6 nitrogen and oxygen atoms in total. The highest BCUT2D eigenvalue weighted by Crippen LogP contribution is 2.12. The Kier molecular flexibility index (Phi) is 6.64. The molecule has 0 saturated carbocycles. The SMILES string of the molecule is CCNC(=NCc1ncc(C)s1)NCCCN1CCCC1=O. The molecule has 2 heterocycles. The van der Waals surface area contributed by atoms with Gasteiger partial charge in [-0.2, -0.15) is 0 Å². The number of carbonyl (C=O) groups is 1. The van der Waals surface area contributed by atoms with E-state index in [2.05, 4.69) is 20.6 Å². The van der Waals surface area contributed by atoms with Crippen molar-refractivity contribution in [2.24, 2.45) is 4.99 Å². The summed E-state index contributed by atoms with van der Waals surface area (Å²) < 4.78 is 0. The number of carbonyl (C=O) groups excluding carboxylic acids is 1. The maximum atomic E-state index is 11.5. The van der Waals surface area contributed by atoms with Gasteiger partial charge in [-0.25, -0.2) is 9.98 Å². The number of aliphatic imine (C=N–C) groups is 1. The first-order chi connectivity index (χ1) is 10.7. The van der Waals surface area contributed by atoms with Gasteiger partial charge in [0.15, 0.2) is 5.96 Å². The minimum atomic E-state index is 0.291. The summed E-state index contributed by atoms with van der Waals surface area (Å²) >= 11 is 1.68. The molecule has 0 atom stereocenters. The molecule has 0 aliphatic carbocycles. The lowest BCUT2D eigenvalue weighted by molar-refractivity contribution is -0.127. The standard InChI is InChI=1S/C15H25N5OS/c1-3-16-15(19-11-13-18-10-12(2)22-13)17-7-5-9-20-8-4-6-14(20)21/h10H,3-9,11H2,1-2H3,(H2,16,17,19). The molecule has 0 bridgehead atoms. The van der Waals surface area contributed by atoms with Crippen molar-refractivity contribution in [3.8, 4) is 0 Å². The number of thiazole rings is 1. The number of amides is 1. The van der Waals surface area contributed by atoms with Crippen LogP contribution in [-0.2, 0) is 11.3 Å². The van der Waals surface area contributed by atoms with E-state index in [4.69, 9.17) is 0 Å². The molecule has 1 aliphatic rings. The number of hydrogen-bond donors (Lipinski definition) is 2. The van der Waals surface area contributed by atoms with Crippen LogP contribution in [0.4, 0.5) is 0 Å². The topological polar surface area (TPSA) is 69.6 Å². The van der Waals surface area contributed by atoms with E-state index < -0.39 is 0 Å². The van der Waals surface area contributed by atoms with Gasteiger partial charge in [0.2, 0.25) is 5.91 Å². The highest BCUT2D eigenvalue weighted by Gasteiger charge is 2.18. The zero-order valence-electron chi connectivity index (χ0n) is 13.4. The van der Waals surface area contributed by atoms with Gasteiger partial charge >= 0.3 is 0 Å². The average molecular weight is 323 g/mol. The molecule has 7 heteroatoms. The van der Waals surface area contributed by atoms with Crippen LogP contribution < -0.4 is 10.6 Å². The molecular formula is C15H25N5OS. The van der Waals surface area contributed by atoms with Crippen molar-refractivity contribution in [3.63, 3.8) is 0 Å². The van der Waals surface area contributed by atoms with Crippen molar-refractivity contribution in [2.45, 2.75) is 39.7 Å². The zero-order chi connectivity index (χ0) is 15.8. The summed E-state index contributed by atoms with van der Waals surface area (Å²) in [6, 6.07) is 0. The second-order valence-corrected chi connectivity index (χ2v) is 6.64. The van der Waals surface area contributed by atoms with Crippen molar-refractivity contribution in [1.29, 1.82) is 0 Å². The Labute approximate surface area is 136 Å². The number of hydrogen-bond acceptors (Lipinski definition) is 4. The third-order valence-corrected chi connectivity index (χ3v) is 4.35. The van der Waals surface area contributed by atoms with Gasteiger partial charge < -0.3 is 15.5 Å². The van der Waals surface area contributed by atoms with E-state index in [1.807, 2.05) is 24.9 Å². The fourth-order valence-corrected chi connectivity index (χ4v) is 3.09. The van der Waals surface area contributed by atoms with E-state index in [1.165, 1.54) is 4.88 Å². The molecule has 1 saturated heterocycles. The van der Waals surface area contributed by atoms with Crippen LogP contribution in [0.15, 0.2) is 11.2 Å². The van der Waals surface area contributed by atoms with E-state index >= 15 is 0 Å². The largest absolute Gasteiger partial charge is 0.357 e. The molecule has 1 fully saturated rings. The lowest BCUT2D eigenvalue weighted by atomic mass is 10.4. The first kappa shape index (κ1) is 16.7. The number of likely N-dealkylation sites (tertiary alicyclic amines) is 1. The molecule has 0 spiro atoms. The fraction of sp³-hybridized carbons (Fsp3) is 0.667. The highest BCUT2D eigenvalue weighted by atomic mass is 32.1. The van der Waals surface area contributed by atoms with Gasteiger partial charge in [-0.3, -0.25) is 4.79 Å². The van der Waals surface area contributed by atoms with Gasteiger partial charge in [0.1, 0.15) is 5.01 Å². The molecule has 1 amide bonds. The molecular weight excluding hydrogens is 298 g/mol. The summed E-state index contributed by atoms with van der Waals surface area (Å²) in [6.07, 6.45) is 4.53. The van der Waals surface area contributed by atoms with Crippen LogP contribution in [0.25, 0.3) is 0 Å². The highest BCUT2D eigenvalue weighted by molar-refractivity contribution is 7.11. The van der Waals surface area contributed by atoms with Crippen molar-refractivity contribution in [1.82, 2.24) is 20.5 Å². The molecule has 1 aromatic rings. The molecule has 0 radical (unpaired) electrons. The normalized spacial score (nSPS) is 15.5. The molecule has 0 unspecified atom stereocenters. The first-order valence-corrected chi connectivity index (χ1v) is 8.72. The molecule has 0 aromatic carbocycles. The van der Waals surface area contributed by atoms with Crippen molar-refractivity contribution < 1.29 is 4.79 Å². The van der Waals surface area contributed by atoms with Crippen LogP contribution in [0, 0.1) is 6.92 Å². The van der Waals surface area contributed by atoms with E-state index in [1.54, 1.807) is 11.3 Å². The van der Waals surface area contributed by atoms with E-state index in [-0.39, 0.29) is 0 Å². The van der Waals surface area contributed by atoms with Gasteiger partial charge in [0.05, 0.1) is 6.54 Å². The van der Waals surface area contributed by atoms with Gasteiger partial charge in [0.25, 0.3) is 0 Å². The molecule has 22 heavy (non-hydrogen) atoms. The summed E-state index contributed by atoms with van der Waals surface area (Å²) in [7, 11) is 0. The molecule has 2 N–H and O–H groups in total. The quantitative estimate of drug-likeness (QED) is 0.453. The minimum absolute atomic E-state index is 0.291. The number of rotatable bonds is 7. The first-order valence-electron chi connectivity index (χ1n) is 7.90. The van der Waals surface area contributed by atoms with E-state index in [0.717, 1.165) is 50.0 Å². The Balaban J connectivity index is 1.72. The van der Waals surface area contributed by atoms with Crippen LogP contribution >= 0.6 is 11.3 Å². The summed E-state index contributed by atoms with van der Waals surface area (Å²) in [6.45, 7) is 8.08. The fourth-order valence-electron chi connectivity index (χ4n) is 2.38. The summed E-state index contributed by atoms with van der Waals surface area (Å²) in [5.41, 5.74) is 0. The van der Waals surface area contributed by atoms with Gasteiger partial charge in [-0.15, -0.1) is 11.3 Å². The summed E-state index contributed by atoms with van der Waals surface area (Å²) in [5.74, 6) is 1.10. The molecule has 1 aliphatic heterocycles. The molecule has 2 rings (SSSR count). The van der Waals surface area contributed by atoms with Crippen LogP contribution in [0.1, 0.15) is 36.1 Å². The van der Waals surface area contributed by atoms with Crippen LogP contribution in [0.3, 0.4) is 0 Å². The van der Waals surface area contributed by atoms with Crippen molar-refractivity contribution in [3.05, 3.63) is 16.1 Å². The average Bonchev–Trinajstić information content (AvgIpc) is 3.09. The smallest absolute Gasteiger partial charge is 0.222 e. The third kappa shape index (κ3) is 5.29. The maximum absolute atomic E-state index is 11.5. The van der Waals surface area contributed by atoms with E-state index in [0.29, 0.717) is 18.9 Å². The summed E-state index contributed by atoms with van der Waals surface area (Å²) in [5, 5.41) is 7.57. The van der Waals surface area contributed by atoms with Crippen LogP contribution in [-0.4, -0.2) is 47.9 Å². The molecule has 122 valence electrons. The Bertz CT molecular complexity index is 514. The second kappa shape index (κ2) is 8.73.